The largest absolute Gasteiger partial charge is 0.456 e. The molecule has 1 heterocycles. The van der Waals surface area contributed by atoms with Gasteiger partial charge in [0.25, 0.3) is 0 Å². The van der Waals surface area contributed by atoms with Gasteiger partial charge in [0.2, 0.25) is 0 Å². The summed E-state index contributed by atoms with van der Waals surface area (Å²) in [6.07, 6.45) is 1.22. The summed E-state index contributed by atoms with van der Waals surface area (Å²) in [7, 11) is 2.04. The zero-order chi connectivity index (χ0) is 13.5. The Hall–Kier alpha value is -1.77. The topological polar surface area (TPSA) is 25.2 Å². The smallest absolute Gasteiger partial charge is 0.135 e. The molecule has 2 unspecified atom stereocenters. The first-order valence-electron chi connectivity index (χ1n) is 7.12. The van der Waals surface area contributed by atoms with E-state index in [0.717, 1.165) is 11.3 Å². The van der Waals surface area contributed by atoms with E-state index in [9.17, 15) is 0 Å². The van der Waals surface area contributed by atoms with E-state index < -0.39 is 0 Å². The molecule has 0 spiro atoms. The second kappa shape index (κ2) is 5.55. The SMILES string of the molecule is CNC1CC1c1ccccc1-c1cc2ccccc2o1.Cl. The van der Waals surface area contributed by atoms with Crippen LogP contribution in [0.3, 0.4) is 0 Å². The van der Waals surface area contributed by atoms with E-state index in [1.54, 1.807) is 0 Å². The fourth-order valence-corrected chi connectivity index (χ4v) is 3.02. The molecule has 1 aromatic heterocycles. The van der Waals surface area contributed by atoms with E-state index >= 15 is 0 Å². The maximum Gasteiger partial charge on any atom is 0.135 e. The predicted octanol–water partition coefficient (Wildman–Crippen LogP) is 4.60. The molecule has 1 fully saturated rings. The van der Waals surface area contributed by atoms with Crippen molar-refractivity contribution >= 4 is 23.4 Å². The molecule has 4 rings (SSSR count). The zero-order valence-corrected chi connectivity index (χ0v) is 12.7. The van der Waals surface area contributed by atoms with Gasteiger partial charge in [-0.05, 0) is 31.2 Å². The number of para-hydroxylation sites is 1. The monoisotopic (exact) mass is 299 g/mol. The van der Waals surface area contributed by atoms with Crippen LogP contribution in [-0.4, -0.2) is 13.1 Å². The zero-order valence-electron chi connectivity index (χ0n) is 11.9. The lowest BCUT2D eigenvalue weighted by atomic mass is 10.0. The molecule has 0 saturated heterocycles. The maximum absolute atomic E-state index is 6.02. The third-order valence-corrected chi connectivity index (χ3v) is 4.21. The summed E-state index contributed by atoms with van der Waals surface area (Å²) in [5, 5.41) is 4.53. The summed E-state index contributed by atoms with van der Waals surface area (Å²) in [5.74, 6) is 1.59. The van der Waals surface area contributed by atoms with E-state index in [-0.39, 0.29) is 12.4 Å². The molecule has 1 N–H and O–H groups in total. The summed E-state index contributed by atoms with van der Waals surface area (Å²) in [6, 6.07) is 19.5. The third kappa shape index (κ3) is 2.45. The van der Waals surface area contributed by atoms with Gasteiger partial charge in [-0.1, -0.05) is 42.5 Å². The molecule has 2 nitrogen and oxygen atoms in total. The number of rotatable bonds is 3. The first kappa shape index (κ1) is 14.2. The van der Waals surface area contributed by atoms with Crippen LogP contribution in [0.1, 0.15) is 17.9 Å². The highest BCUT2D eigenvalue weighted by atomic mass is 35.5. The van der Waals surface area contributed by atoms with Gasteiger partial charge in [0.05, 0.1) is 0 Å². The molecule has 108 valence electrons. The summed E-state index contributed by atoms with van der Waals surface area (Å²) in [6.45, 7) is 0. The highest BCUT2D eigenvalue weighted by Crippen LogP contribution is 2.45. The summed E-state index contributed by atoms with van der Waals surface area (Å²) < 4.78 is 6.02. The third-order valence-electron chi connectivity index (χ3n) is 4.21. The van der Waals surface area contributed by atoms with Crippen molar-refractivity contribution in [2.24, 2.45) is 0 Å². The molecule has 3 heteroatoms. The predicted molar refractivity (Wildman–Crippen MR) is 89.1 cm³/mol. The Bertz CT molecular complexity index is 732. The Morgan fingerprint density at radius 3 is 2.57 bits per heavy atom. The van der Waals surface area contributed by atoms with Crippen LogP contribution in [-0.2, 0) is 0 Å². The Kier molecular flexibility index (Phi) is 3.75. The van der Waals surface area contributed by atoms with Gasteiger partial charge in [-0.3, -0.25) is 0 Å². The van der Waals surface area contributed by atoms with E-state index in [0.29, 0.717) is 12.0 Å². The van der Waals surface area contributed by atoms with Crippen molar-refractivity contribution in [2.45, 2.75) is 18.4 Å². The second-order valence-corrected chi connectivity index (χ2v) is 5.47. The molecule has 2 atom stereocenters. The highest BCUT2D eigenvalue weighted by Gasteiger charge is 2.38. The molecule has 1 saturated carbocycles. The first-order chi connectivity index (χ1) is 9.86. The number of benzene rings is 2. The molecule has 2 aromatic carbocycles. The van der Waals surface area contributed by atoms with E-state index in [1.807, 2.05) is 25.2 Å². The average Bonchev–Trinajstić information content (AvgIpc) is 3.16. The van der Waals surface area contributed by atoms with Gasteiger partial charge in [0.1, 0.15) is 11.3 Å². The highest BCUT2D eigenvalue weighted by molar-refractivity contribution is 5.85. The van der Waals surface area contributed by atoms with E-state index in [1.165, 1.54) is 22.9 Å². The Balaban J connectivity index is 0.00000132. The fraction of sp³-hybridized carbons (Fsp3) is 0.222. The number of fused-ring (bicyclic) bond motifs is 1. The first-order valence-corrected chi connectivity index (χ1v) is 7.12. The van der Waals surface area contributed by atoms with Crippen molar-refractivity contribution in [1.82, 2.24) is 5.32 Å². The molecular formula is C18H18ClNO. The van der Waals surface area contributed by atoms with Crippen molar-refractivity contribution in [3.8, 4) is 11.3 Å². The lowest BCUT2D eigenvalue weighted by Gasteiger charge is -2.06. The number of nitrogens with one attached hydrogen (secondary N) is 1. The second-order valence-electron chi connectivity index (χ2n) is 5.47. The lowest BCUT2D eigenvalue weighted by Crippen LogP contribution is -2.10. The number of hydrogen-bond donors (Lipinski definition) is 1. The minimum atomic E-state index is 0. The van der Waals surface area contributed by atoms with Gasteiger partial charge in [0.15, 0.2) is 0 Å². The quantitative estimate of drug-likeness (QED) is 0.765. The van der Waals surface area contributed by atoms with Crippen LogP contribution in [0.4, 0.5) is 0 Å². The molecule has 1 aliphatic rings. The maximum atomic E-state index is 6.02. The van der Waals surface area contributed by atoms with Crippen LogP contribution in [0.15, 0.2) is 59.0 Å². The molecule has 1 aliphatic carbocycles. The molecule has 3 aromatic rings. The number of furan rings is 1. The Morgan fingerprint density at radius 2 is 1.81 bits per heavy atom. The summed E-state index contributed by atoms with van der Waals surface area (Å²) in [4.78, 5) is 0. The van der Waals surface area contributed by atoms with Crippen molar-refractivity contribution in [3.05, 3.63) is 60.2 Å². The summed E-state index contributed by atoms with van der Waals surface area (Å²) >= 11 is 0. The van der Waals surface area contributed by atoms with Crippen LogP contribution in [0.2, 0.25) is 0 Å². The van der Waals surface area contributed by atoms with E-state index in [4.69, 9.17) is 4.42 Å². The minimum absolute atomic E-state index is 0. The standard InChI is InChI=1S/C18H17NO.ClH/c1-19-16-11-15(16)13-7-3-4-8-14(13)18-10-12-6-2-5-9-17(12)20-18;/h2-10,15-16,19H,11H2,1H3;1H. The van der Waals surface area contributed by atoms with Crippen LogP contribution in [0, 0.1) is 0 Å². The Morgan fingerprint density at radius 1 is 1.05 bits per heavy atom. The normalized spacial score (nSPS) is 20.2. The molecule has 21 heavy (non-hydrogen) atoms. The number of likely N-dealkylation sites (N-methyl/N-ethyl adjacent to an activating group) is 1. The van der Waals surface area contributed by atoms with Crippen LogP contribution < -0.4 is 5.32 Å². The van der Waals surface area contributed by atoms with Crippen LogP contribution in [0.25, 0.3) is 22.3 Å². The van der Waals surface area contributed by atoms with Crippen molar-refractivity contribution in [2.75, 3.05) is 7.05 Å². The molecule has 0 aliphatic heterocycles. The van der Waals surface area contributed by atoms with Gasteiger partial charge in [0, 0.05) is 22.9 Å². The minimum Gasteiger partial charge on any atom is -0.456 e. The molecule has 0 amide bonds. The van der Waals surface area contributed by atoms with Gasteiger partial charge >= 0.3 is 0 Å². The fourth-order valence-electron chi connectivity index (χ4n) is 3.02. The van der Waals surface area contributed by atoms with Gasteiger partial charge in [-0.25, -0.2) is 0 Å². The van der Waals surface area contributed by atoms with Gasteiger partial charge in [-0.15, -0.1) is 12.4 Å². The van der Waals surface area contributed by atoms with Crippen LogP contribution in [0.5, 0.6) is 0 Å². The van der Waals surface area contributed by atoms with Gasteiger partial charge in [-0.2, -0.15) is 0 Å². The van der Waals surface area contributed by atoms with Crippen molar-refractivity contribution in [3.63, 3.8) is 0 Å². The summed E-state index contributed by atoms with van der Waals surface area (Å²) in [5.41, 5.74) is 3.58. The lowest BCUT2D eigenvalue weighted by molar-refractivity contribution is 0.630. The van der Waals surface area contributed by atoms with Gasteiger partial charge < -0.3 is 9.73 Å². The Labute approximate surface area is 130 Å². The number of hydrogen-bond acceptors (Lipinski definition) is 2. The van der Waals surface area contributed by atoms with Crippen LogP contribution >= 0.6 is 12.4 Å². The molecule has 0 radical (unpaired) electrons. The van der Waals surface area contributed by atoms with Crippen molar-refractivity contribution < 1.29 is 4.42 Å². The molecular weight excluding hydrogens is 282 g/mol. The van der Waals surface area contributed by atoms with E-state index in [2.05, 4.69) is 41.7 Å². The van der Waals surface area contributed by atoms with Crippen molar-refractivity contribution in [1.29, 1.82) is 0 Å². The number of halogens is 1. The molecule has 0 bridgehead atoms. The average molecular weight is 300 g/mol.